The number of amides is 2. The van der Waals surface area contributed by atoms with Crippen molar-refractivity contribution in [3.8, 4) is 0 Å². The van der Waals surface area contributed by atoms with E-state index in [-0.39, 0.29) is 18.4 Å². The summed E-state index contributed by atoms with van der Waals surface area (Å²) >= 11 is 0. The Hall–Kier alpha value is -3.87. The minimum atomic E-state index is -1.23. The first-order valence-electron chi connectivity index (χ1n) is 15.1. The van der Waals surface area contributed by atoms with E-state index in [0.717, 1.165) is 70.6 Å². The minimum Gasteiger partial charge on any atom is -0.446 e. The van der Waals surface area contributed by atoms with E-state index in [1.165, 1.54) is 6.42 Å². The average molecular weight is 551 g/mol. The molecule has 2 aromatic heterocycles. The van der Waals surface area contributed by atoms with Gasteiger partial charge >= 0.3 is 6.09 Å². The number of nitrogens with one attached hydrogen (secondary N) is 3. The van der Waals surface area contributed by atoms with Gasteiger partial charge in [-0.15, -0.1) is 0 Å². The zero-order chi connectivity index (χ0) is 28.0. The molecule has 7 nitrogen and oxygen atoms in total. The number of carbonyl (C=O) groups is 2. The lowest BCUT2D eigenvalue weighted by Crippen LogP contribution is -2.60. The van der Waals surface area contributed by atoms with Crippen molar-refractivity contribution >= 4 is 33.8 Å². The fraction of sp³-hybridized carbons (Fsp3) is 0.441. The van der Waals surface area contributed by atoms with Gasteiger partial charge < -0.3 is 20.4 Å². The van der Waals surface area contributed by atoms with Gasteiger partial charge in [-0.2, -0.15) is 0 Å². The highest BCUT2D eigenvalue weighted by Gasteiger charge is 2.50. The number of ether oxygens (including phenoxy) is 1. The smallest absolute Gasteiger partial charge is 0.408 e. The van der Waals surface area contributed by atoms with Crippen LogP contribution in [0.15, 0.2) is 66.9 Å². The highest BCUT2D eigenvalue weighted by atomic mass is 16.6. The molecule has 4 saturated carbocycles. The predicted molar refractivity (Wildman–Crippen MR) is 159 cm³/mol. The number of fused-ring (bicyclic) bond motifs is 3. The molecule has 212 valence electrons. The Morgan fingerprint density at radius 1 is 0.927 bits per heavy atom. The van der Waals surface area contributed by atoms with Crippen molar-refractivity contribution < 1.29 is 14.3 Å². The lowest BCUT2D eigenvalue weighted by molar-refractivity contribution is -0.127. The van der Waals surface area contributed by atoms with E-state index in [0.29, 0.717) is 24.8 Å². The van der Waals surface area contributed by atoms with Gasteiger partial charge in [0.1, 0.15) is 11.6 Å². The third-order valence-corrected chi connectivity index (χ3v) is 9.79. The van der Waals surface area contributed by atoms with Gasteiger partial charge in [-0.05, 0) is 86.8 Å². The van der Waals surface area contributed by atoms with Gasteiger partial charge in [0.25, 0.3) is 0 Å². The number of benzene rings is 2. The second kappa shape index (κ2) is 10.5. The summed E-state index contributed by atoms with van der Waals surface area (Å²) in [4.78, 5) is 35.3. The number of H-pyrrole nitrogens is 1. The molecule has 0 aliphatic heterocycles. The first-order valence-corrected chi connectivity index (χ1v) is 15.1. The van der Waals surface area contributed by atoms with Crippen LogP contribution in [0.4, 0.5) is 4.79 Å². The fourth-order valence-electron chi connectivity index (χ4n) is 8.04. The highest BCUT2D eigenvalue weighted by Crippen LogP contribution is 2.54. The van der Waals surface area contributed by atoms with Gasteiger partial charge in [0, 0.05) is 34.9 Å². The van der Waals surface area contributed by atoms with Crippen molar-refractivity contribution in [1.82, 2.24) is 20.6 Å². The Morgan fingerprint density at radius 2 is 1.63 bits per heavy atom. The SMILES string of the molecule is CC(Cc1cc2c(cn1)[nH]c1ccccc12)(NC(=O)OC1C2CC3CC(C2)CC1C3)C(=O)NCCc1ccccc1. The topological polar surface area (TPSA) is 96.1 Å². The molecule has 0 radical (unpaired) electrons. The average Bonchev–Trinajstić information content (AvgIpc) is 3.33. The third kappa shape index (κ3) is 5.18. The molecular formula is C34H38N4O3. The van der Waals surface area contributed by atoms with Crippen molar-refractivity contribution in [2.75, 3.05) is 6.54 Å². The van der Waals surface area contributed by atoms with Crippen molar-refractivity contribution in [3.63, 3.8) is 0 Å². The molecule has 4 aliphatic carbocycles. The van der Waals surface area contributed by atoms with Gasteiger partial charge in [-0.1, -0.05) is 48.5 Å². The molecule has 0 saturated heterocycles. The largest absolute Gasteiger partial charge is 0.446 e. The molecule has 4 bridgehead atoms. The molecule has 41 heavy (non-hydrogen) atoms. The Kier molecular flexibility index (Phi) is 6.68. The van der Waals surface area contributed by atoms with E-state index in [2.05, 4.69) is 26.7 Å². The Balaban J connectivity index is 1.10. The van der Waals surface area contributed by atoms with Crippen LogP contribution in [0.3, 0.4) is 0 Å². The summed E-state index contributed by atoms with van der Waals surface area (Å²) in [6.45, 7) is 2.25. The van der Waals surface area contributed by atoms with Crippen molar-refractivity contribution in [2.24, 2.45) is 23.7 Å². The van der Waals surface area contributed by atoms with E-state index in [9.17, 15) is 9.59 Å². The van der Waals surface area contributed by atoms with Crippen LogP contribution in [0.1, 0.15) is 50.3 Å². The Labute approximate surface area is 240 Å². The summed E-state index contributed by atoms with van der Waals surface area (Å²) in [6.07, 6.45) is 8.22. The number of aromatic nitrogens is 2. The minimum absolute atomic E-state index is 0.0473. The number of carbonyl (C=O) groups excluding carboxylic acids is 2. The van der Waals surface area contributed by atoms with Gasteiger partial charge in [0.2, 0.25) is 5.91 Å². The van der Waals surface area contributed by atoms with Crippen molar-refractivity contribution in [1.29, 1.82) is 0 Å². The van der Waals surface area contributed by atoms with Crippen LogP contribution in [0.2, 0.25) is 0 Å². The standard InChI is InChI=1S/C34H38N4O3/c1-34(32(39)35-12-11-21-7-3-2-4-8-21,19-26-18-28-27-9-5-6-10-29(27)37-30(28)20-36-26)38-33(40)41-31-24-14-22-13-23(16-24)17-25(31)15-22/h2-10,18,20,22-25,31,37H,11-17,19H2,1H3,(H,35,39)(H,38,40). The molecule has 2 aromatic carbocycles. The Bertz CT molecular complexity index is 1550. The monoisotopic (exact) mass is 550 g/mol. The van der Waals surface area contributed by atoms with Crippen LogP contribution in [-0.2, 0) is 22.4 Å². The zero-order valence-electron chi connectivity index (χ0n) is 23.6. The first-order chi connectivity index (χ1) is 19.9. The number of aromatic amines is 1. The van der Waals surface area contributed by atoms with Gasteiger partial charge in [0.05, 0.1) is 11.7 Å². The number of pyridine rings is 1. The van der Waals surface area contributed by atoms with E-state index < -0.39 is 11.6 Å². The summed E-state index contributed by atoms with van der Waals surface area (Å²) in [5.74, 6) is 2.26. The van der Waals surface area contributed by atoms with Crippen LogP contribution in [-0.4, -0.2) is 40.2 Å². The maximum absolute atomic E-state index is 13.7. The molecule has 1 unspecified atom stereocenters. The van der Waals surface area contributed by atoms with Crippen LogP contribution in [0.25, 0.3) is 21.8 Å². The number of nitrogens with zero attached hydrogens (tertiary/aromatic N) is 1. The predicted octanol–water partition coefficient (Wildman–Crippen LogP) is 5.93. The third-order valence-electron chi connectivity index (χ3n) is 9.79. The van der Waals surface area contributed by atoms with Crippen molar-refractivity contribution in [3.05, 3.63) is 78.1 Å². The molecule has 4 aromatic rings. The van der Waals surface area contributed by atoms with Gasteiger partial charge in [-0.25, -0.2) is 4.79 Å². The summed E-state index contributed by atoms with van der Waals surface area (Å²) < 4.78 is 6.14. The quantitative estimate of drug-likeness (QED) is 0.254. The molecule has 4 fully saturated rings. The summed E-state index contributed by atoms with van der Waals surface area (Å²) in [5.41, 5.74) is 2.64. The lowest BCUT2D eigenvalue weighted by Gasteiger charge is -2.53. The Morgan fingerprint density at radius 3 is 2.39 bits per heavy atom. The zero-order valence-corrected chi connectivity index (χ0v) is 23.6. The highest BCUT2D eigenvalue weighted by molar-refractivity contribution is 6.07. The van der Waals surface area contributed by atoms with Gasteiger partial charge in [0.15, 0.2) is 0 Å². The van der Waals surface area contributed by atoms with Crippen LogP contribution < -0.4 is 10.6 Å². The summed E-state index contributed by atoms with van der Waals surface area (Å²) in [6, 6.07) is 20.2. The number of hydrogen-bond donors (Lipinski definition) is 3. The number of rotatable bonds is 8. The second-order valence-corrected chi connectivity index (χ2v) is 12.8. The first kappa shape index (κ1) is 26.1. The van der Waals surface area contributed by atoms with Crippen LogP contribution in [0, 0.1) is 23.7 Å². The molecular weight excluding hydrogens is 512 g/mol. The van der Waals surface area contributed by atoms with Crippen LogP contribution in [0.5, 0.6) is 0 Å². The molecule has 2 amide bonds. The molecule has 3 N–H and O–H groups in total. The summed E-state index contributed by atoms with van der Waals surface area (Å²) in [7, 11) is 0. The molecule has 1 atom stereocenters. The van der Waals surface area contributed by atoms with E-state index in [1.54, 1.807) is 6.92 Å². The summed E-state index contributed by atoms with van der Waals surface area (Å²) in [5, 5.41) is 8.23. The van der Waals surface area contributed by atoms with E-state index in [1.807, 2.05) is 60.8 Å². The maximum Gasteiger partial charge on any atom is 0.408 e. The molecule has 0 spiro atoms. The normalized spacial score (nSPS) is 26.1. The van der Waals surface area contributed by atoms with E-state index >= 15 is 0 Å². The van der Waals surface area contributed by atoms with Gasteiger partial charge in [-0.3, -0.25) is 9.78 Å². The number of hydrogen-bond acceptors (Lipinski definition) is 4. The van der Waals surface area contributed by atoms with Crippen LogP contribution >= 0.6 is 0 Å². The lowest BCUT2D eigenvalue weighted by atomic mass is 9.55. The maximum atomic E-state index is 13.7. The molecule has 8 rings (SSSR count). The molecule has 7 heteroatoms. The number of para-hydroxylation sites is 1. The molecule has 2 heterocycles. The molecule has 4 aliphatic rings. The fourth-order valence-corrected chi connectivity index (χ4v) is 8.04. The second-order valence-electron chi connectivity index (χ2n) is 12.8. The van der Waals surface area contributed by atoms with E-state index in [4.69, 9.17) is 4.74 Å². The number of alkyl carbamates (subject to hydrolysis) is 1. The van der Waals surface area contributed by atoms with Crippen molar-refractivity contribution in [2.45, 2.75) is 63.5 Å².